The number of sulfonamides is 1. The molecule has 1 saturated heterocycles. The van der Waals surface area contributed by atoms with Crippen LogP contribution in [-0.2, 0) is 15.6 Å². The molecule has 4 rings (SSSR count). The average Bonchev–Trinajstić information content (AvgIpc) is 3.51. The minimum Gasteiger partial charge on any atom is -0.415 e. The fourth-order valence-corrected chi connectivity index (χ4v) is 6.38. The molecule has 0 saturated carbocycles. The van der Waals surface area contributed by atoms with Gasteiger partial charge in [0.1, 0.15) is 23.5 Å². The Morgan fingerprint density at radius 3 is 2.45 bits per heavy atom. The van der Waals surface area contributed by atoms with E-state index in [4.69, 9.17) is 16.0 Å². The third kappa shape index (κ3) is 6.46. The molecule has 1 aromatic carbocycles. The number of nitrogens with one attached hydrogen (secondary N) is 1. The van der Waals surface area contributed by atoms with Crippen LogP contribution in [0.4, 0.5) is 17.6 Å². The molecule has 0 spiro atoms. The molecular weight excluding hydrogens is 602 g/mol. The van der Waals surface area contributed by atoms with Crippen LogP contribution in [0.25, 0.3) is 21.3 Å². The van der Waals surface area contributed by atoms with Crippen molar-refractivity contribution >= 4 is 38.9 Å². The van der Waals surface area contributed by atoms with E-state index in [0.717, 1.165) is 23.5 Å². The Balaban J connectivity index is 1.76. The first-order valence-electron chi connectivity index (χ1n) is 11.9. The molecule has 40 heavy (non-hydrogen) atoms. The van der Waals surface area contributed by atoms with Crippen molar-refractivity contribution < 1.29 is 40.3 Å². The summed E-state index contributed by atoms with van der Waals surface area (Å²) >= 11 is 7.32. The first-order valence-corrected chi connectivity index (χ1v) is 14.5. The third-order valence-corrected chi connectivity index (χ3v) is 8.92. The SMILES string of the molecule is C[C@H](NS(=O)(=O)c1ccc(-c2sc(-c3nnc(C(C)(C)O)o3)nc2C(=O)N2CCC(F)CC2)c(Cl)c1)C(F)(F)F. The van der Waals surface area contributed by atoms with Gasteiger partial charge in [0.2, 0.25) is 15.9 Å². The van der Waals surface area contributed by atoms with E-state index >= 15 is 0 Å². The second-order valence-electron chi connectivity index (χ2n) is 9.66. The van der Waals surface area contributed by atoms with Gasteiger partial charge in [-0.2, -0.15) is 17.9 Å². The predicted octanol–water partition coefficient (Wildman–Crippen LogP) is 4.54. The molecule has 3 aromatic rings. The number of aromatic nitrogens is 3. The number of hydrogen-bond acceptors (Lipinski definition) is 9. The molecule has 10 nitrogen and oxygen atoms in total. The molecule has 3 heterocycles. The topological polar surface area (TPSA) is 139 Å². The van der Waals surface area contributed by atoms with Crippen molar-refractivity contribution in [2.75, 3.05) is 13.1 Å². The summed E-state index contributed by atoms with van der Waals surface area (Å²) in [6.45, 7) is 3.81. The minimum atomic E-state index is -4.80. The van der Waals surface area contributed by atoms with Crippen molar-refractivity contribution in [1.82, 2.24) is 24.8 Å². The van der Waals surface area contributed by atoms with Crippen LogP contribution in [0.15, 0.2) is 27.5 Å². The standard InChI is InChI=1S/C23H24ClF4N5O5S2/c1-11(23(26,27)28)32-40(36,37)13-4-5-14(15(24)10-13)17-16(20(34)33-8-6-12(25)7-9-33)29-19(39-17)18-30-31-21(38-18)22(2,3)35/h4-5,10-12,32,35H,6-9H2,1-3H3/t11-/m0/s1. The van der Waals surface area contributed by atoms with E-state index in [9.17, 15) is 35.9 Å². The summed E-state index contributed by atoms with van der Waals surface area (Å²) in [4.78, 5) is 18.9. The Kier molecular flexibility index (Phi) is 8.31. The minimum absolute atomic E-state index is 0.0927. The number of carbonyl (C=O) groups is 1. The van der Waals surface area contributed by atoms with Crippen molar-refractivity contribution in [1.29, 1.82) is 0 Å². The molecule has 1 aliphatic rings. The molecule has 0 aliphatic carbocycles. The Hall–Kier alpha value is -2.66. The first-order chi connectivity index (χ1) is 18.5. The summed E-state index contributed by atoms with van der Waals surface area (Å²) in [5, 5.41) is 17.7. The summed E-state index contributed by atoms with van der Waals surface area (Å²) in [6.07, 6.45) is -5.55. The van der Waals surface area contributed by atoms with Gasteiger partial charge in [-0.15, -0.1) is 21.5 Å². The van der Waals surface area contributed by atoms with Gasteiger partial charge in [-0.05, 0) is 45.7 Å². The lowest BCUT2D eigenvalue weighted by Gasteiger charge is -2.28. The highest BCUT2D eigenvalue weighted by Crippen LogP contribution is 2.40. The van der Waals surface area contributed by atoms with Crippen molar-refractivity contribution in [2.45, 2.75) is 62.5 Å². The second kappa shape index (κ2) is 11.0. The summed E-state index contributed by atoms with van der Waals surface area (Å²) in [5.41, 5.74) is -1.39. The molecule has 17 heteroatoms. The number of aliphatic hydroxyl groups is 1. The van der Waals surface area contributed by atoms with E-state index in [-0.39, 0.29) is 63.9 Å². The maximum absolute atomic E-state index is 13.7. The van der Waals surface area contributed by atoms with Crippen LogP contribution >= 0.6 is 22.9 Å². The van der Waals surface area contributed by atoms with Gasteiger partial charge < -0.3 is 14.4 Å². The Labute approximate surface area is 235 Å². The number of piperidine rings is 1. The van der Waals surface area contributed by atoms with Crippen LogP contribution in [0.5, 0.6) is 0 Å². The van der Waals surface area contributed by atoms with Crippen molar-refractivity contribution in [3.8, 4) is 21.3 Å². The largest absolute Gasteiger partial charge is 0.415 e. The number of amides is 1. The number of nitrogens with zero attached hydrogens (tertiary/aromatic N) is 4. The smallest absolute Gasteiger partial charge is 0.404 e. The van der Waals surface area contributed by atoms with E-state index < -0.39 is 44.8 Å². The predicted molar refractivity (Wildman–Crippen MR) is 137 cm³/mol. The lowest BCUT2D eigenvalue weighted by atomic mass is 10.1. The second-order valence-corrected chi connectivity index (χ2v) is 12.8. The van der Waals surface area contributed by atoms with E-state index in [0.29, 0.717) is 6.92 Å². The van der Waals surface area contributed by atoms with Crippen LogP contribution in [-0.4, -0.2) is 71.0 Å². The monoisotopic (exact) mass is 625 g/mol. The van der Waals surface area contributed by atoms with Gasteiger partial charge in [0.25, 0.3) is 11.8 Å². The van der Waals surface area contributed by atoms with Crippen molar-refractivity contribution in [3.63, 3.8) is 0 Å². The van der Waals surface area contributed by atoms with Gasteiger partial charge in [0, 0.05) is 18.7 Å². The Morgan fingerprint density at radius 1 is 1.25 bits per heavy atom. The van der Waals surface area contributed by atoms with Gasteiger partial charge in [-0.3, -0.25) is 4.79 Å². The maximum Gasteiger partial charge on any atom is 0.404 e. The Bertz CT molecular complexity index is 1510. The van der Waals surface area contributed by atoms with E-state index in [1.807, 2.05) is 0 Å². The molecule has 1 aliphatic heterocycles. The summed E-state index contributed by atoms with van der Waals surface area (Å²) in [6, 6.07) is 0.908. The fraction of sp³-hybridized carbons (Fsp3) is 0.478. The first kappa shape index (κ1) is 30.3. The molecule has 1 amide bonds. The van der Waals surface area contributed by atoms with Crippen LogP contribution in [0.2, 0.25) is 5.02 Å². The number of halogens is 5. The number of thiazole rings is 1. The summed E-state index contributed by atoms with van der Waals surface area (Å²) in [5.74, 6) is -0.754. The lowest BCUT2D eigenvalue weighted by Crippen LogP contribution is -2.42. The maximum atomic E-state index is 13.7. The molecule has 1 atom stereocenters. The van der Waals surface area contributed by atoms with Crippen molar-refractivity contribution in [2.24, 2.45) is 0 Å². The number of likely N-dealkylation sites (tertiary alicyclic amines) is 1. The quantitative estimate of drug-likeness (QED) is 0.365. The average molecular weight is 626 g/mol. The Morgan fingerprint density at radius 2 is 1.90 bits per heavy atom. The number of hydrogen-bond donors (Lipinski definition) is 2. The van der Waals surface area contributed by atoms with E-state index in [2.05, 4.69) is 15.2 Å². The number of benzene rings is 1. The van der Waals surface area contributed by atoms with Gasteiger partial charge in [-0.25, -0.2) is 17.8 Å². The number of alkyl halides is 4. The lowest BCUT2D eigenvalue weighted by molar-refractivity contribution is -0.147. The highest BCUT2D eigenvalue weighted by Gasteiger charge is 2.39. The molecule has 1 fully saturated rings. The normalized spacial score (nSPS) is 16.4. The number of carbonyl (C=O) groups excluding carboxylic acids is 1. The zero-order valence-electron chi connectivity index (χ0n) is 21.3. The molecular formula is C23H24ClF4N5O5S2. The summed E-state index contributed by atoms with van der Waals surface area (Å²) < 4.78 is 84.6. The molecule has 218 valence electrons. The molecule has 0 unspecified atom stereocenters. The summed E-state index contributed by atoms with van der Waals surface area (Å²) in [7, 11) is -4.60. The van der Waals surface area contributed by atoms with Crippen molar-refractivity contribution in [3.05, 3.63) is 34.8 Å². The highest BCUT2D eigenvalue weighted by atomic mass is 35.5. The zero-order valence-corrected chi connectivity index (χ0v) is 23.7. The van der Waals surface area contributed by atoms with Gasteiger partial charge >= 0.3 is 6.18 Å². The van der Waals surface area contributed by atoms with Crippen LogP contribution in [0.3, 0.4) is 0 Å². The van der Waals surface area contributed by atoms with Crippen LogP contribution in [0, 0.1) is 0 Å². The zero-order chi connectivity index (χ0) is 29.6. The van der Waals surface area contributed by atoms with E-state index in [1.165, 1.54) is 24.8 Å². The van der Waals surface area contributed by atoms with Gasteiger partial charge in [0.05, 0.1) is 14.8 Å². The highest BCUT2D eigenvalue weighted by molar-refractivity contribution is 7.89. The third-order valence-electron chi connectivity index (χ3n) is 5.99. The fourth-order valence-electron chi connectivity index (χ4n) is 3.71. The number of rotatable bonds is 7. The van der Waals surface area contributed by atoms with E-state index in [1.54, 1.807) is 4.72 Å². The van der Waals surface area contributed by atoms with Gasteiger partial charge in [-0.1, -0.05) is 17.7 Å². The molecule has 0 radical (unpaired) electrons. The molecule has 0 bridgehead atoms. The van der Waals surface area contributed by atoms with Gasteiger partial charge in [0.15, 0.2) is 5.01 Å². The van der Waals surface area contributed by atoms with Crippen LogP contribution < -0.4 is 4.72 Å². The molecule has 2 N–H and O–H groups in total. The van der Waals surface area contributed by atoms with Crippen LogP contribution in [0.1, 0.15) is 50.0 Å². The molecule has 2 aromatic heterocycles.